The van der Waals surface area contributed by atoms with Gasteiger partial charge >= 0.3 is 5.97 Å². The number of aromatic carboxylic acids is 1. The molecule has 1 unspecified atom stereocenters. The van der Waals surface area contributed by atoms with Crippen LogP contribution in [0, 0.1) is 0 Å². The van der Waals surface area contributed by atoms with E-state index in [2.05, 4.69) is 39.9 Å². The van der Waals surface area contributed by atoms with Gasteiger partial charge in [0.25, 0.3) is 5.91 Å². The molecule has 0 aliphatic carbocycles. The van der Waals surface area contributed by atoms with Crippen molar-refractivity contribution < 1.29 is 19.5 Å². The number of nitrogens with zero attached hydrogens (tertiary/aromatic N) is 1. The van der Waals surface area contributed by atoms with Gasteiger partial charge in [-0.3, -0.25) is 9.59 Å². The smallest absolute Gasteiger partial charge is 0.336 e. The molecule has 0 radical (unpaired) electrons. The number of carboxylic acid groups (broad SMARTS) is 1. The zero-order valence-electron chi connectivity index (χ0n) is 22.9. The summed E-state index contributed by atoms with van der Waals surface area (Å²) in [5, 5.41) is 20.8. The summed E-state index contributed by atoms with van der Waals surface area (Å²) in [7, 11) is 0. The molecule has 0 fully saturated rings. The number of rotatable bonds is 8. The lowest BCUT2D eigenvalue weighted by Gasteiger charge is -2.13. The molecule has 1 atom stereocenters. The highest BCUT2D eigenvalue weighted by atomic mass is 32.2. The van der Waals surface area contributed by atoms with Crippen molar-refractivity contribution in [2.24, 2.45) is 0 Å². The fourth-order valence-corrected chi connectivity index (χ4v) is 6.48. The van der Waals surface area contributed by atoms with Gasteiger partial charge in [-0.2, -0.15) is 0 Å². The maximum Gasteiger partial charge on any atom is 0.336 e. The number of thioether (sulfide) groups is 1. The van der Waals surface area contributed by atoms with Crippen LogP contribution in [-0.4, -0.2) is 33.1 Å². The van der Waals surface area contributed by atoms with Gasteiger partial charge in [-0.15, -0.1) is 23.1 Å². The molecule has 1 aromatic heterocycles. The molecule has 7 nitrogen and oxygen atoms in total. The van der Waals surface area contributed by atoms with E-state index in [1.807, 2.05) is 36.6 Å². The van der Waals surface area contributed by atoms with E-state index >= 15 is 0 Å². The number of aromatic nitrogens is 1. The van der Waals surface area contributed by atoms with Crippen molar-refractivity contribution in [1.82, 2.24) is 4.98 Å². The average Bonchev–Trinajstić information content (AvgIpc) is 3.48. The van der Waals surface area contributed by atoms with Crippen molar-refractivity contribution in [3.63, 3.8) is 0 Å². The van der Waals surface area contributed by atoms with Crippen LogP contribution < -0.4 is 10.6 Å². The van der Waals surface area contributed by atoms with E-state index in [1.165, 1.54) is 29.2 Å². The van der Waals surface area contributed by atoms with Crippen LogP contribution in [-0.2, 0) is 4.79 Å². The van der Waals surface area contributed by atoms with E-state index in [0.717, 1.165) is 26.9 Å². The molecule has 0 saturated carbocycles. The number of hydrogen-bond acceptors (Lipinski definition) is 6. The van der Waals surface area contributed by atoms with Gasteiger partial charge in [-0.05, 0) is 59.5 Å². The minimum atomic E-state index is -1.10. The molecule has 6 rings (SSSR count). The molecule has 2 amide bonds. The van der Waals surface area contributed by atoms with Crippen LogP contribution in [0.3, 0.4) is 0 Å². The van der Waals surface area contributed by atoms with Gasteiger partial charge in [-0.1, -0.05) is 66.7 Å². The maximum absolute atomic E-state index is 13.2. The summed E-state index contributed by atoms with van der Waals surface area (Å²) in [6.07, 6.45) is 0. The third-order valence-electron chi connectivity index (χ3n) is 6.93. The summed E-state index contributed by atoms with van der Waals surface area (Å²) in [5.74, 6) is -1.70. The fraction of sp³-hybridized carbons (Fsp3) is 0.0588. The van der Waals surface area contributed by atoms with Crippen molar-refractivity contribution in [1.29, 1.82) is 0 Å². The molecular weight excluding hydrogens is 579 g/mol. The van der Waals surface area contributed by atoms with E-state index in [4.69, 9.17) is 0 Å². The first-order chi connectivity index (χ1) is 20.9. The van der Waals surface area contributed by atoms with Gasteiger partial charge in [-0.25, -0.2) is 9.78 Å². The van der Waals surface area contributed by atoms with Crippen LogP contribution in [0.1, 0.15) is 27.6 Å². The Morgan fingerprint density at radius 3 is 2.30 bits per heavy atom. The lowest BCUT2D eigenvalue weighted by Crippen LogP contribution is -2.22. The third-order valence-corrected chi connectivity index (χ3v) is 8.78. The second-order valence-corrected chi connectivity index (χ2v) is 12.1. The second kappa shape index (κ2) is 12.1. The summed E-state index contributed by atoms with van der Waals surface area (Å²) >= 11 is 2.73. The van der Waals surface area contributed by atoms with Gasteiger partial charge in [0.2, 0.25) is 5.91 Å². The molecule has 0 aliphatic rings. The molecule has 9 heteroatoms. The van der Waals surface area contributed by atoms with Crippen molar-refractivity contribution in [2.45, 2.75) is 17.1 Å². The van der Waals surface area contributed by atoms with Crippen molar-refractivity contribution in [3.8, 4) is 11.3 Å². The number of fused-ring (bicyclic) bond motifs is 2. The normalized spacial score (nSPS) is 11.7. The first-order valence-corrected chi connectivity index (χ1v) is 15.2. The van der Waals surface area contributed by atoms with Crippen LogP contribution in [0.15, 0.2) is 113 Å². The Labute approximate surface area is 255 Å². The first kappa shape index (κ1) is 28.1. The number of amides is 2. The van der Waals surface area contributed by atoms with E-state index in [0.29, 0.717) is 21.6 Å². The number of carboxylic acids is 1. The summed E-state index contributed by atoms with van der Waals surface area (Å²) in [5.41, 5.74) is 2.66. The summed E-state index contributed by atoms with van der Waals surface area (Å²) in [6, 6.07) is 31.5. The molecule has 0 spiro atoms. The number of anilines is 2. The number of hydrogen-bond donors (Lipinski definition) is 3. The Morgan fingerprint density at radius 1 is 0.791 bits per heavy atom. The van der Waals surface area contributed by atoms with Crippen LogP contribution in [0.2, 0.25) is 0 Å². The largest absolute Gasteiger partial charge is 0.478 e. The zero-order valence-corrected chi connectivity index (χ0v) is 24.5. The van der Waals surface area contributed by atoms with Crippen LogP contribution in [0.25, 0.3) is 32.8 Å². The van der Waals surface area contributed by atoms with Crippen molar-refractivity contribution in [3.05, 3.63) is 120 Å². The predicted molar refractivity (Wildman–Crippen MR) is 174 cm³/mol. The molecule has 212 valence electrons. The van der Waals surface area contributed by atoms with Gasteiger partial charge in [0, 0.05) is 32.5 Å². The zero-order chi connectivity index (χ0) is 29.9. The highest BCUT2D eigenvalue weighted by Crippen LogP contribution is 2.31. The first-order valence-electron chi connectivity index (χ1n) is 13.4. The molecule has 0 aliphatic heterocycles. The predicted octanol–water partition coefficient (Wildman–Crippen LogP) is 8.19. The number of thiazole rings is 1. The number of benzene rings is 5. The van der Waals surface area contributed by atoms with Gasteiger partial charge < -0.3 is 15.7 Å². The average molecular weight is 604 g/mol. The Hall–Kier alpha value is -4.99. The highest BCUT2D eigenvalue weighted by Gasteiger charge is 2.19. The second-order valence-electron chi connectivity index (χ2n) is 9.85. The summed E-state index contributed by atoms with van der Waals surface area (Å²) < 4.78 is 0. The lowest BCUT2D eigenvalue weighted by atomic mass is 9.98. The Morgan fingerprint density at radius 2 is 1.51 bits per heavy atom. The fourth-order valence-electron chi connectivity index (χ4n) is 4.83. The van der Waals surface area contributed by atoms with Gasteiger partial charge in [0.15, 0.2) is 5.13 Å². The molecule has 0 saturated heterocycles. The van der Waals surface area contributed by atoms with E-state index in [-0.39, 0.29) is 17.0 Å². The van der Waals surface area contributed by atoms with Crippen LogP contribution in [0.4, 0.5) is 10.8 Å². The van der Waals surface area contributed by atoms with Gasteiger partial charge in [0.05, 0.1) is 16.5 Å². The van der Waals surface area contributed by atoms with Crippen molar-refractivity contribution in [2.75, 3.05) is 10.6 Å². The molecule has 43 heavy (non-hydrogen) atoms. The minimum absolute atomic E-state index is 0.0667. The number of nitrogens with one attached hydrogen (secondary N) is 2. The number of carbonyl (C=O) groups excluding carboxylic acids is 2. The molecule has 3 N–H and O–H groups in total. The summed E-state index contributed by atoms with van der Waals surface area (Å²) in [4.78, 5) is 43.5. The van der Waals surface area contributed by atoms with E-state index in [9.17, 15) is 19.5 Å². The summed E-state index contributed by atoms with van der Waals surface area (Å²) in [6.45, 7) is 1.81. The SMILES string of the molecule is CC(Sc1cccc(NC(=O)c2cccc3cccc(C(=O)O)c23)c1)C(=O)Nc1nc(-c2ccc3ccccc3c2)cs1. The van der Waals surface area contributed by atoms with Gasteiger partial charge in [0.1, 0.15) is 0 Å². The molecule has 0 bridgehead atoms. The van der Waals surface area contributed by atoms with E-state index < -0.39 is 17.1 Å². The quantitative estimate of drug-likeness (QED) is 0.151. The molecule has 6 aromatic rings. The minimum Gasteiger partial charge on any atom is -0.478 e. The van der Waals surface area contributed by atoms with Crippen LogP contribution in [0.5, 0.6) is 0 Å². The van der Waals surface area contributed by atoms with Crippen molar-refractivity contribution >= 4 is 73.2 Å². The standard InChI is InChI=1S/C34H25N3O4S2/c1-20(31(38)37-34-36-29(19-42-34)24-16-15-21-7-2-3-8-23(21)17-24)43-26-12-6-11-25(18-26)35-32(39)27-13-4-9-22-10-5-14-28(30(22)27)33(40)41/h2-20H,1H3,(H,35,39)(H,40,41)(H,36,37,38). The highest BCUT2D eigenvalue weighted by molar-refractivity contribution is 8.00. The molecular formula is C34H25N3O4S2. The Kier molecular flexibility index (Phi) is 7.91. The topological polar surface area (TPSA) is 108 Å². The maximum atomic E-state index is 13.2. The lowest BCUT2D eigenvalue weighted by molar-refractivity contribution is -0.115. The Balaban J connectivity index is 1.12. The van der Waals surface area contributed by atoms with Crippen LogP contribution >= 0.6 is 23.1 Å². The Bertz CT molecular complexity index is 2020. The monoisotopic (exact) mass is 603 g/mol. The number of carbonyl (C=O) groups is 3. The van der Waals surface area contributed by atoms with E-state index in [1.54, 1.807) is 48.5 Å². The third kappa shape index (κ3) is 6.13. The molecule has 1 heterocycles. The molecule has 5 aromatic carbocycles.